The van der Waals surface area contributed by atoms with Crippen molar-refractivity contribution < 1.29 is 44.7 Å². The summed E-state index contributed by atoms with van der Waals surface area (Å²) in [5.74, 6) is -8.32. The van der Waals surface area contributed by atoms with E-state index in [-0.39, 0.29) is 35.1 Å². The molecule has 0 bridgehead atoms. The second-order valence-corrected chi connectivity index (χ2v) is 11.4. The molecule has 5 rings (SSSR count). The third kappa shape index (κ3) is 3.90. The molecule has 2 aromatic carbocycles. The second-order valence-electron chi connectivity index (χ2n) is 11.4. The zero-order valence-corrected chi connectivity index (χ0v) is 23.4. The van der Waals surface area contributed by atoms with Gasteiger partial charge < -0.3 is 36.2 Å². The van der Waals surface area contributed by atoms with Crippen LogP contribution < -0.4 is 10.6 Å². The number of nitrogens with zero attached hydrogens (tertiary/aromatic N) is 2. The Kier molecular flexibility index (Phi) is 6.66. The first-order chi connectivity index (χ1) is 19.6. The van der Waals surface area contributed by atoms with E-state index in [9.17, 15) is 44.7 Å². The van der Waals surface area contributed by atoms with Crippen LogP contribution in [0.3, 0.4) is 0 Å². The second kappa shape index (κ2) is 9.71. The maximum Gasteiger partial charge on any atom is 0.335 e. The van der Waals surface area contributed by atoms with Gasteiger partial charge in [-0.2, -0.15) is 0 Å². The fourth-order valence-corrected chi connectivity index (χ4v) is 6.71. The average Bonchev–Trinajstić information content (AvgIpc) is 2.90. The number of aromatic hydroxyl groups is 1. The topological polar surface area (TPSA) is 202 Å². The van der Waals surface area contributed by atoms with E-state index in [0.717, 1.165) is 0 Å². The molecule has 3 aliphatic carbocycles. The number of phenolic OH excluding ortho intramolecular Hbond substituents is 1. The lowest BCUT2D eigenvalue weighted by Crippen LogP contribution is -2.63. The van der Waals surface area contributed by atoms with Crippen LogP contribution in [0.2, 0.25) is 0 Å². The highest BCUT2D eigenvalue weighted by Gasteiger charge is 2.63. The molecule has 3 aliphatic rings. The number of nitrogens with two attached hydrogens (primary N) is 1. The summed E-state index contributed by atoms with van der Waals surface area (Å²) in [6.45, 7) is 0. The van der Waals surface area contributed by atoms with Gasteiger partial charge in [0, 0.05) is 36.8 Å². The molecule has 0 spiro atoms. The molecule has 12 nitrogen and oxygen atoms in total. The minimum absolute atomic E-state index is 0.0161. The number of carbonyl (C=O) groups excluding carboxylic acids is 3. The number of primary amides is 1. The van der Waals surface area contributed by atoms with E-state index >= 15 is 0 Å². The van der Waals surface area contributed by atoms with Gasteiger partial charge in [0.25, 0.3) is 5.91 Å². The summed E-state index contributed by atoms with van der Waals surface area (Å²) in [6.07, 6.45) is 0.131. The van der Waals surface area contributed by atoms with Gasteiger partial charge in [-0.1, -0.05) is 12.1 Å². The quantitative estimate of drug-likeness (QED) is 0.282. The Morgan fingerprint density at radius 1 is 1.02 bits per heavy atom. The SMILES string of the molecule is CN(C)c1cc(-c2ccc(C(=O)O)cc2)c(O)c2c1C[C@@H]1C[C@@H]3[C@H](N(C)C)C(O)=C(C(N)=O)C(=O)[C@@]3(O)C(O)=C1C2=O. The third-order valence-corrected chi connectivity index (χ3v) is 8.62. The number of carboxylic acid groups (broad SMARTS) is 1. The molecule has 0 saturated carbocycles. The largest absolute Gasteiger partial charge is 0.510 e. The number of aromatic carboxylic acids is 1. The molecule has 0 aromatic heterocycles. The monoisotopic (exact) mass is 577 g/mol. The summed E-state index contributed by atoms with van der Waals surface area (Å²) in [5.41, 5.74) is 3.19. The van der Waals surface area contributed by atoms with Gasteiger partial charge in [0.15, 0.2) is 11.4 Å². The summed E-state index contributed by atoms with van der Waals surface area (Å²) in [7, 11) is 6.65. The number of benzene rings is 2. The molecule has 4 atom stereocenters. The van der Waals surface area contributed by atoms with Crippen molar-refractivity contribution in [3.05, 3.63) is 69.7 Å². The van der Waals surface area contributed by atoms with Crippen LogP contribution in [0.25, 0.3) is 11.1 Å². The number of amides is 1. The van der Waals surface area contributed by atoms with Crippen molar-refractivity contribution >= 4 is 29.1 Å². The first kappa shape index (κ1) is 28.8. The van der Waals surface area contributed by atoms with Crippen LogP contribution in [0, 0.1) is 11.8 Å². The summed E-state index contributed by atoms with van der Waals surface area (Å²) < 4.78 is 0. The van der Waals surface area contributed by atoms with Crippen molar-refractivity contribution in [3.8, 4) is 16.9 Å². The van der Waals surface area contributed by atoms with Crippen molar-refractivity contribution in [2.24, 2.45) is 17.6 Å². The lowest BCUT2D eigenvalue weighted by Gasteiger charge is -2.50. The maximum absolute atomic E-state index is 14.1. The van der Waals surface area contributed by atoms with Gasteiger partial charge in [0.05, 0.1) is 17.2 Å². The van der Waals surface area contributed by atoms with Gasteiger partial charge in [0.1, 0.15) is 22.8 Å². The lowest BCUT2D eigenvalue weighted by atomic mass is 9.58. The minimum Gasteiger partial charge on any atom is -0.510 e. The molecule has 220 valence electrons. The van der Waals surface area contributed by atoms with Crippen molar-refractivity contribution in [2.45, 2.75) is 24.5 Å². The van der Waals surface area contributed by atoms with Crippen LogP contribution in [0.1, 0.15) is 32.7 Å². The van der Waals surface area contributed by atoms with Gasteiger partial charge in [-0.05, 0) is 62.2 Å². The number of allylic oxidation sites excluding steroid dienone is 1. The molecule has 42 heavy (non-hydrogen) atoms. The summed E-state index contributed by atoms with van der Waals surface area (Å²) >= 11 is 0. The summed E-state index contributed by atoms with van der Waals surface area (Å²) in [6, 6.07) is 6.34. The molecule has 0 aliphatic heterocycles. The Morgan fingerprint density at radius 3 is 2.17 bits per heavy atom. The fraction of sp³-hybridized carbons (Fsp3) is 0.333. The number of aliphatic hydroxyl groups is 3. The molecule has 0 unspecified atom stereocenters. The predicted octanol–water partition coefficient (Wildman–Crippen LogP) is 1.55. The number of fused-ring (bicyclic) bond motifs is 3. The van der Waals surface area contributed by atoms with Crippen LogP contribution in [-0.4, -0.2) is 93.7 Å². The predicted molar refractivity (Wildman–Crippen MR) is 150 cm³/mol. The number of phenols is 1. The number of carboxylic acids is 1. The Morgan fingerprint density at radius 2 is 1.64 bits per heavy atom. The summed E-state index contributed by atoms with van der Waals surface area (Å²) in [4.78, 5) is 54.4. The van der Waals surface area contributed by atoms with E-state index in [1.54, 1.807) is 39.2 Å². The van der Waals surface area contributed by atoms with E-state index in [4.69, 9.17) is 5.73 Å². The first-order valence-corrected chi connectivity index (χ1v) is 13.2. The van der Waals surface area contributed by atoms with E-state index in [1.165, 1.54) is 29.2 Å². The standard InChI is InChI=1S/C30H31N3O9/c1-32(2)18-11-15(12-5-7-13(8-6-12)29(40)41)23(34)20-16(18)9-14-10-17-22(33(3)4)25(36)21(28(31)39)27(38)30(17,42)26(37)19(14)24(20)35/h5-8,11,14,17,22,34,36-37,42H,9-10H2,1-4H3,(H2,31,39)(H,40,41)/t14-,17-,22+,30+/m1/s1. The zero-order valence-electron chi connectivity index (χ0n) is 23.4. The smallest absolute Gasteiger partial charge is 0.335 e. The molecular formula is C30H31N3O9. The number of hydrogen-bond acceptors (Lipinski definition) is 10. The number of ketones is 2. The van der Waals surface area contributed by atoms with Gasteiger partial charge in [0.2, 0.25) is 5.78 Å². The van der Waals surface area contributed by atoms with Gasteiger partial charge in [-0.3, -0.25) is 19.3 Å². The van der Waals surface area contributed by atoms with Crippen molar-refractivity contribution in [1.82, 2.24) is 4.90 Å². The Balaban J connectivity index is 1.73. The number of Topliss-reactive ketones (excluding diaryl/α,β-unsaturated/α-hetero) is 2. The van der Waals surface area contributed by atoms with Crippen LogP contribution in [0.4, 0.5) is 5.69 Å². The van der Waals surface area contributed by atoms with Gasteiger partial charge >= 0.3 is 5.97 Å². The lowest BCUT2D eigenvalue weighted by molar-refractivity contribution is -0.148. The van der Waals surface area contributed by atoms with E-state index in [1.807, 2.05) is 0 Å². The minimum atomic E-state index is -2.73. The highest BCUT2D eigenvalue weighted by molar-refractivity contribution is 6.25. The number of rotatable bonds is 5. The van der Waals surface area contributed by atoms with Crippen molar-refractivity contribution in [3.63, 3.8) is 0 Å². The molecular weight excluding hydrogens is 546 g/mol. The molecule has 2 aromatic rings. The van der Waals surface area contributed by atoms with E-state index < -0.39 is 69.8 Å². The molecule has 12 heteroatoms. The first-order valence-electron chi connectivity index (χ1n) is 13.2. The molecule has 7 N–H and O–H groups in total. The molecule has 0 heterocycles. The Labute approximate surface area is 240 Å². The van der Waals surface area contributed by atoms with E-state index in [0.29, 0.717) is 16.8 Å². The zero-order chi connectivity index (χ0) is 31.0. The Hall–Kier alpha value is -4.68. The molecule has 1 amide bonds. The van der Waals surface area contributed by atoms with Crippen LogP contribution in [-0.2, 0) is 16.0 Å². The van der Waals surface area contributed by atoms with Crippen LogP contribution in [0.5, 0.6) is 5.75 Å². The van der Waals surface area contributed by atoms with E-state index in [2.05, 4.69) is 0 Å². The number of aliphatic hydroxyl groups excluding tert-OH is 2. The maximum atomic E-state index is 14.1. The van der Waals surface area contributed by atoms with Crippen molar-refractivity contribution in [2.75, 3.05) is 33.1 Å². The number of carbonyl (C=O) groups is 4. The highest BCUT2D eigenvalue weighted by atomic mass is 16.4. The normalized spacial score (nSPS) is 25.2. The third-order valence-electron chi connectivity index (χ3n) is 8.62. The van der Waals surface area contributed by atoms with Crippen LogP contribution in [0.15, 0.2) is 53.0 Å². The molecule has 0 radical (unpaired) electrons. The van der Waals surface area contributed by atoms with Gasteiger partial charge in [-0.15, -0.1) is 0 Å². The molecule has 0 saturated heterocycles. The number of anilines is 1. The van der Waals surface area contributed by atoms with Crippen molar-refractivity contribution in [1.29, 1.82) is 0 Å². The van der Waals surface area contributed by atoms with Crippen LogP contribution >= 0.6 is 0 Å². The van der Waals surface area contributed by atoms with Gasteiger partial charge in [-0.25, -0.2) is 4.79 Å². The summed E-state index contributed by atoms with van der Waals surface area (Å²) in [5, 5.41) is 54.9. The number of hydrogen-bond donors (Lipinski definition) is 6. The average molecular weight is 578 g/mol. The highest BCUT2D eigenvalue weighted by Crippen LogP contribution is 2.54. The number of likely N-dealkylation sites (N-methyl/N-ethyl adjacent to an activating group) is 1. The fourth-order valence-electron chi connectivity index (χ4n) is 6.71. The molecule has 0 fully saturated rings. The Bertz CT molecular complexity index is 1640.